The van der Waals surface area contributed by atoms with Crippen molar-refractivity contribution in [3.05, 3.63) is 206 Å². The Hall–Kier alpha value is -7.55. The van der Waals surface area contributed by atoms with E-state index in [0.29, 0.717) is 0 Å². The Morgan fingerprint density at radius 1 is 0.298 bits per heavy atom. The van der Waals surface area contributed by atoms with Crippen LogP contribution in [0.2, 0.25) is 0 Å². The second kappa shape index (κ2) is 12.5. The van der Waals surface area contributed by atoms with Gasteiger partial charge in [-0.25, -0.2) is 4.98 Å². The van der Waals surface area contributed by atoms with Gasteiger partial charge in [-0.05, 0) is 100 Å². The highest BCUT2D eigenvalue weighted by Gasteiger charge is 2.21. The summed E-state index contributed by atoms with van der Waals surface area (Å²) < 4.78 is 2.39. The number of nitrogens with zero attached hydrogens (tertiary/aromatic N) is 2. The Kier molecular flexibility index (Phi) is 6.96. The molecule has 0 N–H and O–H groups in total. The van der Waals surface area contributed by atoms with Crippen LogP contribution >= 0.6 is 0 Å². The van der Waals surface area contributed by atoms with Gasteiger partial charge in [0.15, 0.2) is 0 Å². The fourth-order valence-electron chi connectivity index (χ4n) is 9.36. The van der Waals surface area contributed by atoms with Gasteiger partial charge in [0.05, 0.1) is 11.0 Å². The van der Waals surface area contributed by atoms with Crippen LogP contribution in [0.15, 0.2) is 206 Å². The monoisotopic (exact) mass is 722 g/mol. The molecule has 2 heteroatoms. The molecule has 0 atom stereocenters. The molecule has 0 saturated heterocycles. The topological polar surface area (TPSA) is 17.8 Å². The summed E-state index contributed by atoms with van der Waals surface area (Å²) in [5.74, 6) is 0.921. The third kappa shape index (κ3) is 4.87. The minimum Gasteiger partial charge on any atom is -0.292 e. The van der Waals surface area contributed by atoms with Gasteiger partial charge in [0.2, 0.25) is 0 Å². The van der Waals surface area contributed by atoms with E-state index in [9.17, 15) is 0 Å². The predicted molar refractivity (Wildman–Crippen MR) is 242 cm³/mol. The number of benzene rings is 11. The SMILES string of the molecule is c1ccc2c(-c3ccc(-c4nc5c6ccccc6c6ccccc6c5n4-c4ccc(-c5c6ccccc6cc6ccccc56)cc4)cc3)c3ccccc3cc2c1. The molecule has 0 aliphatic rings. The van der Waals surface area contributed by atoms with Crippen LogP contribution in [0, 0.1) is 0 Å². The van der Waals surface area contributed by atoms with Crippen molar-refractivity contribution in [1.82, 2.24) is 9.55 Å². The average Bonchev–Trinajstić information content (AvgIpc) is 3.69. The molecule has 0 spiro atoms. The maximum atomic E-state index is 5.57. The van der Waals surface area contributed by atoms with Crippen molar-refractivity contribution in [2.24, 2.45) is 0 Å². The third-order valence-electron chi connectivity index (χ3n) is 11.9. The van der Waals surface area contributed by atoms with Crippen molar-refractivity contribution in [2.45, 2.75) is 0 Å². The molecule has 0 bridgehead atoms. The van der Waals surface area contributed by atoms with Crippen LogP contribution in [0.25, 0.3) is 115 Å². The fourth-order valence-corrected chi connectivity index (χ4v) is 9.36. The van der Waals surface area contributed by atoms with Gasteiger partial charge in [0.1, 0.15) is 5.82 Å². The molecule has 12 aromatic rings. The molecule has 2 nitrogen and oxygen atoms in total. The van der Waals surface area contributed by atoms with E-state index in [0.717, 1.165) is 33.5 Å². The molecule has 0 aliphatic carbocycles. The molecular formula is C55H34N2. The van der Waals surface area contributed by atoms with E-state index in [1.165, 1.54) is 81.5 Å². The summed E-state index contributed by atoms with van der Waals surface area (Å²) in [6, 6.07) is 75.1. The summed E-state index contributed by atoms with van der Waals surface area (Å²) in [6.07, 6.45) is 0. The van der Waals surface area contributed by atoms with Crippen LogP contribution in [-0.2, 0) is 0 Å². The number of fused-ring (bicyclic) bond motifs is 10. The highest BCUT2D eigenvalue weighted by molar-refractivity contribution is 6.24. The first kappa shape index (κ1) is 31.8. The minimum atomic E-state index is 0.921. The number of hydrogen-bond donors (Lipinski definition) is 0. The van der Waals surface area contributed by atoms with Crippen molar-refractivity contribution >= 4 is 75.7 Å². The molecule has 0 aliphatic heterocycles. The number of rotatable bonds is 4. The van der Waals surface area contributed by atoms with Crippen LogP contribution in [0.4, 0.5) is 0 Å². The van der Waals surface area contributed by atoms with Gasteiger partial charge >= 0.3 is 0 Å². The Morgan fingerprint density at radius 3 is 1.12 bits per heavy atom. The molecular weight excluding hydrogens is 689 g/mol. The van der Waals surface area contributed by atoms with Crippen molar-refractivity contribution < 1.29 is 0 Å². The lowest BCUT2D eigenvalue weighted by molar-refractivity contribution is 1.11. The van der Waals surface area contributed by atoms with E-state index in [-0.39, 0.29) is 0 Å². The molecule has 1 aromatic heterocycles. The number of imidazole rings is 1. The Balaban J connectivity index is 1.10. The van der Waals surface area contributed by atoms with Gasteiger partial charge in [0.25, 0.3) is 0 Å². The van der Waals surface area contributed by atoms with E-state index < -0.39 is 0 Å². The van der Waals surface area contributed by atoms with Crippen LogP contribution in [-0.4, -0.2) is 9.55 Å². The van der Waals surface area contributed by atoms with Crippen LogP contribution in [0.5, 0.6) is 0 Å². The van der Waals surface area contributed by atoms with Crippen molar-refractivity contribution in [2.75, 3.05) is 0 Å². The lowest BCUT2D eigenvalue weighted by Gasteiger charge is -2.15. The van der Waals surface area contributed by atoms with Crippen LogP contribution < -0.4 is 0 Å². The zero-order valence-corrected chi connectivity index (χ0v) is 31.0. The Labute approximate surface area is 329 Å². The lowest BCUT2D eigenvalue weighted by Crippen LogP contribution is -1.98. The van der Waals surface area contributed by atoms with Gasteiger partial charge in [-0.3, -0.25) is 4.57 Å². The highest BCUT2D eigenvalue weighted by atomic mass is 15.1. The summed E-state index contributed by atoms with van der Waals surface area (Å²) in [6.45, 7) is 0. The Morgan fingerprint density at radius 2 is 0.649 bits per heavy atom. The first-order chi connectivity index (χ1) is 28.3. The van der Waals surface area contributed by atoms with Gasteiger partial charge in [-0.15, -0.1) is 0 Å². The third-order valence-corrected chi connectivity index (χ3v) is 11.9. The van der Waals surface area contributed by atoms with E-state index in [1.807, 2.05) is 0 Å². The molecule has 11 aromatic carbocycles. The van der Waals surface area contributed by atoms with Crippen LogP contribution in [0.1, 0.15) is 0 Å². The molecule has 1 heterocycles. The first-order valence-corrected chi connectivity index (χ1v) is 19.6. The zero-order chi connectivity index (χ0) is 37.5. The van der Waals surface area contributed by atoms with Crippen molar-refractivity contribution in [3.8, 4) is 39.3 Å². The highest BCUT2D eigenvalue weighted by Crippen LogP contribution is 2.42. The minimum absolute atomic E-state index is 0.921. The summed E-state index contributed by atoms with van der Waals surface area (Å²) in [7, 11) is 0. The number of aromatic nitrogens is 2. The molecule has 264 valence electrons. The van der Waals surface area contributed by atoms with E-state index in [2.05, 4.69) is 211 Å². The summed E-state index contributed by atoms with van der Waals surface area (Å²) in [5.41, 5.74) is 9.18. The molecule has 0 amide bonds. The summed E-state index contributed by atoms with van der Waals surface area (Å²) in [5, 5.41) is 14.8. The second-order valence-corrected chi connectivity index (χ2v) is 15.1. The molecule has 0 fully saturated rings. The zero-order valence-electron chi connectivity index (χ0n) is 31.0. The maximum Gasteiger partial charge on any atom is 0.145 e. The number of hydrogen-bond acceptors (Lipinski definition) is 1. The maximum absolute atomic E-state index is 5.57. The van der Waals surface area contributed by atoms with Gasteiger partial charge in [-0.2, -0.15) is 0 Å². The second-order valence-electron chi connectivity index (χ2n) is 15.1. The molecule has 57 heavy (non-hydrogen) atoms. The normalized spacial score (nSPS) is 11.9. The fraction of sp³-hybridized carbons (Fsp3) is 0. The average molecular weight is 723 g/mol. The predicted octanol–water partition coefficient (Wildman–Crippen LogP) is 14.9. The molecule has 0 saturated carbocycles. The molecule has 0 radical (unpaired) electrons. The molecule has 12 rings (SSSR count). The quantitative estimate of drug-likeness (QED) is 0.131. The summed E-state index contributed by atoms with van der Waals surface area (Å²) in [4.78, 5) is 5.57. The van der Waals surface area contributed by atoms with Gasteiger partial charge in [-0.1, -0.05) is 182 Å². The van der Waals surface area contributed by atoms with E-state index in [1.54, 1.807) is 0 Å². The van der Waals surface area contributed by atoms with Crippen molar-refractivity contribution in [3.63, 3.8) is 0 Å². The Bertz CT molecular complexity index is 3450. The summed E-state index contributed by atoms with van der Waals surface area (Å²) >= 11 is 0. The van der Waals surface area contributed by atoms with Gasteiger partial charge in [0, 0.05) is 22.0 Å². The van der Waals surface area contributed by atoms with Gasteiger partial charge < -0.3 is 0 Å². The standard InChI is InChI=1S/C55H34N2/c1-5-17-43-38(13-1)33-39-14-2-6-18-44(39)51(43)35-25-27-37(28-26-35)55-56-53-49-23-11-9-21-47(49)48-22-10-12-24-50(48)54(53)57(55)42-31-29-36(30-32-42)52-45-19-7-3-15-40(45)34-41-16-4-8-20-46(41)52/h1-34H. The van der Waals surface area contributed by atoms with Crippen molar-refractivity contribution in [1.29, 1.82) is 0 Å². The van der Waals surface area contributed by atoms with E-state index >= 15 is 0 Å². The first-order valence-electron chi connectivity index (χ1n) is 19.6. The largest absolute Gasteiger partial charge is 0.292 e. The smallest absolute Gasteiger partial charge is 0.145 e. The molecule has 0 unspecified atom stereocenters. The lowest BCUT2D eigenvalue weighted by atomic mass is 9.91. The van der Waals surface area contributed by atoms with E-state index in [4.69, 9.17) is 4.98 Å². The van der Waals surface area contributed by atoms with Crippen LogP contribution in [0.3, 0.4) is 0 Å².